The number of phenolic OH excluding ortho intramolecular Hbond substituents is 1. The second-order valence-electron chi connectivity index (χ2n) is 6.04. The summed E-state index contributed by atoms with van der Waals surface area (Å²) in [7, 11) is 0. The predicted molar refractivity (Wildman–Crippen MR) is 98.6 cm³/mol. The molecular formula is C20H26O2S. The van der Waals surface area contributed by atoms with Gasteiger partial charge in [0.05, 0.1) is 6.61 Å². The predicted octanol–water partition coefficient (Wildman–Crippen LogP) is 5.60. The lowest BCUT2D eigenvalue weighted by atomic mass is 10.1. The second kappa shape index (κ2) is 8.88. The maximum atomic E-state index is 9.61. The summed E-state index contributed by atoms with van der Waals surface area (Å²) in [6.45, 7) is 6.98. The molecule has 2 rings (SSSR count). The first-order valence-corrected chi connectivity index (χ1v) is 9.19. The highest BCUT2D eigenvalue weighted by molar-refractivity contribution is 7.99. The van der Waals surface area contributed by atoms with E-state index in [9.17, 15) is 5.11 Å². The van der Waals surface area contributed by atoms with E-state index in [4.69, 9.17) is 4.74 Å². The Hall–Kier alpha value is -1.61. The summed E-state index contributed by atoms with van der Waals surface area (Å²) in [5.74, 6) is 2.87. The van der Waals surface area contributed by atoms with Crippen LogP contribution in [0.5, 0.6) is 11.5 Å². The van der Waals surface area contributed by atoms with Gasteiger partial charge in [0.15, 0.2) is 0 Å². The highest BCUT2D eigenvalue weighted by atomic mass is 32.2. The van der Waals surface area contributed by atoms with E-state index in [0.29, 0.717) is 11.7 Å². The van der Waals surface area contributed by atoms with Crippen LogP contribution in [0.4, 0.5) is 0 Å². The molecule has 124 valence electrons. The second-order valence-corrected chi connectivity index (χ2v) is 7.13. The van der Waals surface area contributed by atoms with Gasteiger partial charge < -0.3 is 9.84 Å². The quantitative estimate of drug-likeness (QED) is 0.639. The number of thioether (sulfide) groups is 1. The van der Waals surface area contributed by atoms with E-state index in [1.165, 1.54) is 10.5 Å². The number of aromatic hydroxyl groups is 1. The van der Waals surface area contributed by atoms with Gasteiger partial charge in [-0.2, -0.15) is 0 Å². The number of ether oxygens (including phenoxy) is 1. The highest BCUT2D eigenvalue weighted by Crippen LogP contribution is 2.27. The third kappa shape index (κ3) is 5.83. The Bertz CT molecular complexity index is 608. The van der Waals surface area contributed by atoms with Crippen LogP contribution in [0.1, 0.15) is 30.9 Å². The summed E-state index contributed by atoms with van der Waals surface area (Å²) in [4.78, 5) is 1.21. The van der Waals surface area contributed by atoms with Crippen LogP contribution in [0.25, 0.3) is 0 Å². The topological polar surface area (TPSA) is 29.5 Å². The fourth-order valence-electron chi connectivity index (χ4n) is 2.40. The van der Waals surface area contributed by atoms with Crippen molar-refractivity contribution < 1.29 is 9.84 Å². The minimum Gasteiger partial charge on any atom is -0.508 e. The minimum atomic E-state index is 0.363. The summed E-state index contributed by atoms with van der Waals surface area (Å²) in [5, 5.41) is 9.61. The van der Waals surface area contributed by atoms with E-state index in [2.05, 4.69) is 26.0 Å². The first kappa shape index (κ1) is 17.7. The number of aryl methyl sites for hydroxylation is 2. The van der Waals surface area contributed by atoms with Gasteiger partial charge in [0.2, 0.25) is 0 Å². The van der Waals surface area contributed by atoms with Gasteiger partial charge in [0, 0.05) is 16.6 Å². The Kier molecular flexibility index (Phi) is 6.85. The van der Waals surface area contributed by atoms with Crippen LogP contribution >= 0.6 is 11.8 Å². The van der Waals surface area contributed by atoms with Crippen molar-refractivity contribution in [3.8, 4) is 11.5 Å². The molecule has 0 heterocycles. The highest BCUT2D eigenvalue weighted by Gasteiger charge is 2.10. The maximum absolute atomic E-state index is 9.61. The molecule has 1 unspecified atom stereocenters. The molecule has 1 N–H and O–H groups in total. The molecule has 2 aromatic rings. The molecule has 0 amide bonds. The van der Waals surface area contributed by atoms with Crippen molar-refractivity contribution in [2.45, 2.75) is 38.5 Å². The van der Waals surface area contributed by atoms with Gasteiger partial charge in [-0.3, -0.25) is 0 Å². The van der Waals surface area contributed by atoms with E-state index in [-0.39, 0.29) is 0 Å². The van der Waals surface area contributed by atoms with Crippen molar-refractivity contribution in [1.29, 1.82) is 0 Å². The van der Waals surface area contributed by atoms with Crippen LogP contribution in [0.15, 0.2) is 47.4 Å². The number of rotatable bonds is 8. The molecule has 0 aliphatic heterocycles. The third-order valence-electron chi connectivity index (χ3n) is 3.86. The molecule has 2 aromatic carbocycles. The fourth-order valence-corrected chi connectivity index (χ4v) is 3.52. The van der Waals surface area contributed by atoms with Crippen LogP contribution < -0.4 is 4.74 Å². The molecule has 0 fully saturated rings. The zero-order chi connectivity index (χ0) is 16.7. The van der Waals surface area contributed by atoms with Crippen molar-refractivity contribution in [3.63, 3.8) is 0 Å². The number of benzene rings is 2. The van der Waals surface area contributed by atoms with E-state index in [0.717, 1.165) is 36.5 Å². The Labute approximate surface area is 143 Å². The van der Waals surface area contributed by atoms with Crippen LogP contribution in [0.2, 0.25) is 0 Å². The normalized spacial score (nSPS) is 12.1. The van der Waals surface area contributed by atoms with Crippen LogP contribution in [-0.4, -0.2) is 17.5 Å². The molecule has 2 nitrogen and oxygen atoms in total. The summed E-state index contributed by atoms with van der Waals surface area (Å²) in [6, 6.07) is 14.0. The number of phenols is 1. The zero-order valence-corrected chi connectivity index (χ0v) is 15.0. The number of hydrogen-bond acceptors (Lipinski definition) is 3. The molecule has 1 atom stereocenters. The van der Waals surface area contributed by atoms with Crippen molar-refractivity contribution in [2.24, 2.45) is 5.92 Å². The minimum absolute atomic E-state index is 0.363. The lowest BCUT2D eigenvalue weighted by Crippen LogP contribution is -2.14. The largest absolute Gasteiger partial charge is 0.508 e. The van der Waals surface area contributed by atoms with Crippen molar-refractivity contribution in [3.05, 3.63) is 53.6 Å². The fraction of sp³-hybridized carbons (Fsp3) is 0.400. The Morgan fingerprint density at radius 3 is 2.48 bits per heavy atom. The lowest BCUT2D eigenvalue weighted by molar-refractivity contribution is 0.254. The molecule has 0 aromatic heterocycles. The standard InChI is InChI=1S/C20H26O2S/c1-4-5-17(13-22-18-8-6-15(2)7-9-18)14-23-19-10-11-20(21)16(3)12-19/h6-12,17,21H,4-5,13-14H2,1-3H3. The Balaban J connectivity index is 1.87. The van der Waals surface area contributed by atoms with Gasteiger partial charge in [0.1, 0.15) is 11.5 Å². The smallest absolute Gasteiger partial charge is 0.119 e. The van der Waals surface area contributed by atoms with Gasteiger partial charge in [-0.25, -0.2) is 0 Å². The van der Waals surface area contributed by atoms with Crippen molar-refractivity contribution >= 4 is 11.8 Å². The molecule has 0 bridgehead atoms. The molecule has 3 heteroatoms. The maximum Gasteiger partial charge on any atom is 0.119 e. The molecule has 0 aliphatic rings. The molecular weight excluding hydrogens is 304 g/mol. The van der Waals surface area contributed by atoms with E-state index < -0.39 is 0 Å². The Morgan fingerprint density at radius 1 is 1.09 bits per heavy atom. The van der Waals surface area contributed by atoms with Gasteiger partial charge in [0.25, 0.3) is 0 Å². The SMILES string of the molecule is CCCC(COc1ccc(C)cc1)CSc1ccc(O)c(C)c1. The summed E-state index contributed by atoms with van der Waals surface area (Å²) in [5.41, 5.74) is 2.18. The average Bonchev–Trinajstić information content (AvgIpc) is 2.55. The first-order valence-electron chi connectivity index (χ1n) is 8.20. The molecule has 0 saturated heterocycles. The van der Waals surface area contributed by atoms with Gasteiger partial charge in [-0.15, -0.1) is 11.8 Å². The van der Waals surface area contributed by atoms with Crippen molar-refractivity contribution in [2.75, 3.05) is 12.4 Å². The Morgan fingerprint density at radius 2 is 1.83 bits per heavy atom. The zero-order valence-electron chi connectivity index (χ0n) is 14.2. The average molecular weight is 330 g/mol. The van der Waals surface area contributed by atoms with Crippen LogP contribution in [0.3, 0.4) is 0 Å². The van der Waals surface area contributed by atoms with Gasteiger partial charge in [-0.1, -0.05) is 31.0 Å². The van der Waals surface area contributed by atoms with Crippen molar-refractivity contribution in [1.82, 2.24) is 0 Å². The van der Waals surface area contributed by atoms with E-state index >= 15 is 0 Å². The first-order chi connectivity index (χ1) is 11.1. The summed E-state index contributed by atoms with van der Waals surface area (Å²) in [6.07, 6.45) is 2.33. The molecule has 0 spiro atoms. The molecule has 0 radical (unpaired) electrons. The molecule has 0 aliphatic carbocycles. The number of hydrogen-bond donors (Lipinski definition) is 1. The summed E-state index contributed by atoms with van der Waals surface area (Å²) >= 11 is 1.84. The molecule has 0 saturated carbocycles. The lowest BCUT2D eigenvalue weighted by Gasteiger charge is -2.17. The van der Waals surface area contributed by atoms with Crippen LogP contribution in [0, 0.1) is 19.8 Å². The van der Waals surface area contributed by atoms with E-state index in [1.54, 1.807) is 6.07 Å². The van der Waals surface area contributed by atoms with E-state index in [1.807, 2.05) is 43.0 Å². The van der Waals surface area contributed by atoms with Crippen LogP contribution in [-0.2, 0) is 0 Å². The molecule has 23 heavy (non-hydrogen) atoms. The third-order valence-corrected chi connectivity index (χ3v) is 5.08. The van der Waals surface area contributed by atoms with Gasteiger partial charge in [-0.05, 0) is 56.2 Å². The monoisotopic (exact) mass is 330 g/mol. The summed E-state index contributed by atoms with van der Waals surface area (Å²) < 4.78 is 5.95. The van der Waals surface area contributed by atoms with Gasteiger partial charge >= 0.3 is 0 Å².